The predicted octanol–water partition coefficient (Wildman–Crippen LogP) is 0.394. The van der Waals surface area contributed by atoms with Crippen LogP contribution in [0, 0.1) is 0 Å². The Morgan fingerprint density at radius 3 is 2.22 bits per heavy atom. The number of carbonyl (C=O) groups is 1. The van der Waals surface area contributed by atoms with E-state index in [-0.39, 0.29) is 23.7 Å². The lowest BCUT2D eigenvalue weighted by Gasteiger charge is -2.40. The standard InChI is InChI=1S/C20H31NO6/c1-11(12-5-7-13(8-6-12)20(2,3)4)9-15(23)21-19-18(26)17(25)16(24)14(10-22)27-19/h5-8,11,14,16-19,22,24-26H,9-10H2,1-4H3,(H,21,23)/t11-,14-,16-,17+,18-,19-/m1/s1. The van der Waals surface area contributed by atoms with Gasteiger partial charge in [-0.1, -0.05) is 52.0 Å². The van der Waals surface area contributed by atoms with Crippen molar-refractivity contribution in [3.63, 3.8) is 0 Å². The van der Waals surface area contributed by atoms with Crippen molar-refractivity contribution in [2.75, 3.05) is 6.61 Å². The fraction of sp³-hybridized carbons (Fsp3) is 0.650. The summed E-state index contributed by atoms with van der Waals surface area (Å²) in [5.74, 6) is -0.407. The third-order valence-electron chi connectivity index (χ3n) is 5.03. The summed E-state index contributed by atoms with van der Waals surface area (Å²) in [5.41, 5.74) is 2.29. The monoisotopic (exact) mass is 381 g/mol. The van der Waals surface area contributed by atoms with Crippen molar-refractivity contribution in [3.05, 3.63) is 35.4 Å². The molecular formula is C20H31NO6. The van der Waals surface area contributed by atoms with Crippen LogP contribution in [0.2, 0.25) is 0 Å². The number of aliphatic hydroxyl groups excluding tert-OH is 4. The highest BCUT2D eigenvalue weighted by molar-refractivity contribution is 5.77. The molecule has 5 N–H and O–H groups in total. The molecule has 1 aromatic rings. The summed E-state index contributed by atoms with van der Waals surface area (Å²) in [6.45, 7) is 7.81. The normalized spacial score (nSPS) is 30.0. The Labute approximate surface area is 160 Å². The second-order valence-corrected chi connectivity index (χ2v) is 8.29. The van der Waals surface area contributed by atoms with Gasteiger partial charge in [0.05, 0.1) is 6.61 Å². The highest BCUT2D eigenvalue weighted by Crippen LogP contribution is 2.26. The summed E-state index contributed by atoms with van der Waals surface area (Å²) >= 11 is 0. The van der Waals surface area contributed by atoms with E-state index in [1.54, 1.807) is 0 Å². The van der Waals surface area contributed by atoms with Crippen molar-refractivity contribution >= 4 is 5.91 Å². The van der Waals surface area contributed by atoms with E-state index in [2.05, 4.69) is 38.2 Å². The van der Waals surface area contributed by atoms with Crippen LogP contribution < -0.4 is 5.32 Å². The zero-order valence-corrected chi connectivity index (χ0v) is 16.3. The number of hydrogen-bond acceptors (Lipinski definition) is 6. The van der Waals surface area contributed by atoms with Crippen LogP contribution in [0.15, 0.2) is 24.3 Å². The van der Waals surface area contributed by atoms with Crippen LogP contribution in [-0.2, 0) is 14.9 Å². The molecule has 1 aromatic carbocycles. The van der Waals surface area contributed by atoms with Crippen LogP contribution >= 0.6 is 0 Å². The van der Waals surface area contributed by atoms with Crippen LogP contribution in [-0.4, -0.2) is 63.6 Å². The molecular weight excluding hydrogens is 350 g/mol. The van der Waals surface area contributed by atoms with Gasteiger partial charge in [0.1, 0.15) is 24.4 Å². The quantitative estimate of drug-likeness (QED) is 0.504. The highest BCUT2D eigenvalue weighted by atomic mass is 16.6. The second-order valence-electron chi connectivity index (χ2n) is 8.29. The van der Waals surface area contributed by atoms with E-state index >= 15 is 0 Å². The molecule has 6 atom stereocenters. The van der Waals surface area contributed by atoms with Gasteiger partial charge in [0.15, 0.2) is 6.23 Å². The lowest BCUT2D eigenvalue weighted by atomic mass is 9.85. The number of nitrogens with one attached hydrogen (secondary N) is 1. The van der Waals surface area contributed by atoms with Gasteiger partial charge in [-0.25, -0.2) is 0 Å². The smallest absolute Gasteiger partial charge is 0.222 e. The van der Waals surface area contributed by atoms with Crippen molar-refractivity contribution in [3.8, 4) is 0 Å². The van der Waals surface area contributed by atoms with Crippen molar-refractivity contribution in [2.45, 2.75) is 76.1 Å². The van der Waals surface area contributed by atoms with Crippen molar-refractivity contribution in [1.82, 2.24) is 5.32 Å². The molecule has 1 aliphatic rings. The molecule has 0 radical (unpaired) electrons. The van der Waals surface area contributed by atoms with Crippen molar-refractivity contribution in [2.24, 2.45) is 0 Å². The minimum atomic E-state index is -1.51. The molecule has 1 heterocycles. The van der Waals surface area contributed by atoms with E-state index in [4.69, 9.17) is 4.74 Å². The Morgan fingerprint density at radius 1 is 1.11 bits per heavy atom. The number of benzene rings is 1. The van der Waals surface area contributed by atoms with Gasteiger partial charge in [-0.05, 0) is 22.5 Å². The molecule has 1 saturated heterocycles. The van der Waals surface area contributed by atoms with Gasteiger partial charge in [-0.15, -0.1) is 0 Å². The Morgan fingerprint density at radius 2 is 1.70 bits per heavy atom. The predicted molar refractivity (Wildman–Crippen MR) is 100 cm³/mol. The number of carbonyl (C=O) groups excluding carboxylic acids is 1. The summed E-state index contributed by atoms with van der Waals surface area (Å²) in [6, 6.07) is 8.13. The Kier molecular flexibility index (Phi) is 6.99. The molecule has 152 valence electrons. The summed E-state index contributed by atoms with van der Waals surface area (Å²) < 4.78 is 5.30. The molecule has 0 spiro atoms. The first kappa shape index (κ1) is 21.8. The Balaban J connectivity index is 1.96. The zero-order valence-electron chi connectivity index (χ0n) is 16.3. The third-order valence-corrected chi connectivity index (χ3v) is 5.03. The van der Waals surface area contributed by atoms with Crippen LogP contribution in [0.25, 0.3) is 0 Å². The Bertz CT molecular complexity index is 624. The van der Waals surface area contributed by atoms with Crippen molar-refractivity contribution < 1.29 is 30.0 Å². The largest absolute Gasteiger partial charge is 0.394 e. The fourth-order valence-corrected chi connectivity index (χ4v) is 3.15. The first-order valence-corrected chi connectivity index (χ1v) is 9.25. The number of hydrogen-bond donors (Lipinski definition) is 5. The molecule has 0 saturated carbocycles. The lowest BCUT2D eigenvalue weighted by molar-refractivity contribution is -0.236. The van der Waals surface area contributed by atoms with E-state index in [9.17, 15) is 25.2 Å². The summed E-state index contributed by atoms with van der Waals surface area (Å²) in [6.07, 6.45) is -6.50. The third kappa shape index (κ3) is 5.27. The van der Waals surface area contributed by atoms with E-state index in [1.165, 1.54) is 5.56 Å². The molecule has 0 unspecified atom stereocenters. The molecule has 1 aliphatic heterocycles. The summed E-state index contributed by atoms with van der Waals surface area (Å²) in [5, 5.41) is 41.3. The van der Waals surface area contributed by atoms with Crippen LogP contribution in [0.4, 0.5) is 0 Å². The van der Waals surface area contributed by atoms with Gasteiger partial charge in [0.25, 0.3) is 0 Å². The first-order valence-electron chi connectivity index (χ1n) is 9.25. The van der Waals surface area contributed by atoms with Crippen LogP contribution in [0.1, 0.15) is 51.2 Å². The summed E-state index contributed by atoms with van der Waals surface area (Å²) in [4.78, 5) is 12.3. The van der Waals surface area contributed by atoms with E-state index in [0.717, 1.165) is 5.56 Å². The lowest BCUT2D eigenvalue weighted by Crippen LogP contribution is -2.63. The SMILES string of the molecule is C[C@H](CC(=O)N[C@@H]1O[C@H](CO)[C@@H](O)[C@H](O)[C@H]1O)c1ccc(C(C)(C)C)cc1. The van der Waals surface area contributed by atoms with E-state index in [1.807, 2.05) is 19.1 Å². The molecule has 7 nitrogen and oxygen atoms in total. The molecule has 7 heteroatoms. The zero-order chi connectivity index (χ0) is 20.4. The maximum Gasteiger partial charge on any atom is 0.222 e. The van der Waals surface area contributed by atoms with Gasteiger partial charge in [0.2, 0.25) is 5.91 Å². The van der Waals surface area contributed by atoms with Gasteiger partial charge in [0, 0.05) is 6.42 Å². The molecule has 1 fully saturated rings. The van der Waals surface area contributed by atoms with E-state index in [0.29, 0.717) is 0 Å². The molecule has 0 aliphatic carbocycles. The van der Waals surface area contributed by atoms with Crippen LogP contribution in [0.3, 0.4) is 0 Å². The highest BCUT2D eigenvalue weighted by Gasteiger charge is 2.43. The van der Waals surface area contributed by atoms with Crippen LogP contribution in [0.5, 0.6) is 0 Å². The molecule has 2 rings (SSSR count). The second kappa shape index (κ2) is 8.67. The van der Waals surface area contributed by atoms with Gasteiger partial charge >= 0.3 is 0 Å². The number of aliphatic hydroxyl groups is 4. The number of ether oxygens (including phenoxy) is 1. The first-order chi connectivity index (χ1) is 12.5. The summed E-state index contributed by atoms with van der Waals surface area (Å²) in [7, 11) is 0. The topological polar surface area (TPSA) is 119 Å². The average Bonchev–Trinajstić information content (AvgIpc) is 2.61. The number of rotatable bonds is 5. The average molecular weight is 381 g/mol. The van der Waals surface area contributed by atoms with Gasteiger partial charge in [-0.2, -0.15) is 0 Å². The number of amides is 1. The van der Waals surface area contributed by atoms with E-state index < -0.39 is 37.3 Å². The minimum Gasteiger partial charge on any atom is -0.394 e. The van der Waals surface area contributed by atoms with Gasteiger partial charge in [-0.3, -0.25) is 4.79 Å². The molecule has 0 aromatic heterocycles. The van der Waals surface area contributed by atoms with Crippen molar-refractivity contribution in [1.29, 1.82) is 0 Å². The fourth-order valence-electron chi connectivity index (χ4n) is 3.15. The molecule has 1 amide bonds. The Hall–Kier alpha value is -1.51. The molecule has 27 heavy (non-hydrogen) atoms. The minimum absolute atomic E-state index is 0.0519. The maximum absolute atomic E-state index is 12.3. The van der Waals surface area contributed by atoms with Gasteiger partial charge < -0.3 is 30.5 Å². The molecule has 0 bridgehead atoms. The maximum atomic E-state index is 12.3.